The lowest BCUT2D eigenvalue weighted by Gasteiger charge is -2.37. The molecule has 104 valence electrons. The normalized spacial score (nSPS) is 17.8. The van der Waals surface area contributed by atoms with Gasteiger partial charge in [0.15, 0.2) is 0 Å². The van der Waals surface area contributed by atoms with Crippen molar-refractivity contribution < 1.29 is 20.1 Å². The third kappa shape index (κ3) is 6.33. The van der Waals surface area contributed by atoms with E-state index in [1.807, 2.05) is 32.6 Å². The molecule has 0 bridgehead atoms. The summed E-state index contributed by atoms with van der Waals surface area (Å²) in [5.41, 5.74) is 0. The quantitative estimate of drug-likeness (QED) is 0.535. The van der Waals surface area contributed by atoms with Crippen LogP contribution in [-0.4, -0.2) is 64.0 Å². The molecule has 5 nitrogen and oxygen atoms in total. The molecular weight excluding hydrogens is 222 g/mol. The Balaban J connectivity index is 4.52. The zero-order valence-corrected chi connectivity index (χ0v) is 11.6. The fourth-order valence-corrected chi connectivity index (χ4v) is 1.66. The van der Waals surface area contributed by atoms with Crippen LogP contribution in [0.4, 0.5) is 0 Å². The average Bonchev–Trinajstić information content (AvgIpc) is 2.22. The van der Waals surface area contributed by atoms with E-state index < -0.39 is 18.5 Å². The molecule has 0 aliphatic rings. The number of hydrogen-bond donors (Lipinski definition) is 3. The Morgan fingerprint density at radius 2 is 1.59 bits per heavy atom. The average molecular weight is 249 g/mol. The summed E-state index contributed by atoms with van der Waals surface area (Å²) in [6, 6.07) is 0.478. The van der Waals surface area contributed by atoms with Gasteiger partial charge in [0, 0.05) is 12.1 Å². The zero-order chi connectivity index (χ0) is 13.6. The summed E-state index contributed by atoms with van der Waals surface area (Å²) in [5.74, 6) is -1.62. The Kier molecular flexibility index (Phi) is 7.20. The van der Waals surface area contributed by atoms with Crippen LogP contribution < -0.4 is 0 Å². The molecule has 0 radical (unpaired) electrons. The highest BCUT2D eigenvalue weighted by Crippen LogP contribution is 2.14. The monoisotopic (exact) mass is 249 g/mol. The van der Waals surface area contributed by atoms with Crippen LogP contribution in [0.25, 0.3) is 0 Å². The molecule has 0 spiro atoms. The Labute approximate surface area is 104 Å². The minimum absolute atomic E-state index is 0.00108. The molecule has 1 unspecified atom stereocenters. The predicted molar refractivity (Wildman–Crippen MR) is 66.6 cm³/mol. The van der Waals surface area contributed by atoms with Crippen LogP contribution in [0, 0.1) is 0 Å². The number of hydrogen-bond acceptors (Lipinski definition) is 5. The number of ether oxygens (including phenoxy) is 1. The van der Waals surface area contributed by atoms with Crippen LogP contribution in [0.2, 0.25) is 0 Å². The number of aliphatic hydroxyl groups is 3. The van der Waals surface area contributed by atoms with E-state index in [0.29, 0.717) is 0 Å². The summed E-state index contributed by atoms with van der Waals surface area (Å²) in [6.07, 6.45) is -0.667. The maximum absolute atomic E-state index is 10.1. The standard InChI is InChI=1S/C12H27NO4/c1-9(2)13(10(3)4)7-12(16,8-14)17-6-11(5)15/h9-11,14-16H,6-8H2,1-5H3/t11-,12?/m1/s1. The Morgan fingerprint density at radius 1 is 1.12 bits per heavy atom. The van der Waals surface area contributed by atoms with Gasteiger partial charge in [0.25, 0.3) is 0 Å². The maximum Gasteiger partial charge on any atom is 0.202 e. The van der Waals surface area contributed by atoms with Gasteiger partial charge in [-0.3, -0.25) is 4.90 Å². The summed E-state index contributed by atoms with van der Waals surface area (Å²) in [6.45, 7) is 9.38. The maximum atomic E-state index is 10.1. The van der Waals surface area contributed by atoms with Crippen molar-refractivity contribution in [2.75, 3.05) is 19.8 Å². The van der Waals surface area contributed by atoms with Crippen LogP contribution >= 0.6 is 0 Å². The van der Waals surface area contributed by atoms with Gasteiger partial charge in [0.05, 0.1) is 25.9 Å². The van der Waals surface area contributed by atoms with Crippen molar-refractivity contribution in [3.05, 3.63) is 0 Å². The first-order valence-electron chi connectivity index (χ1n) is 6.13. The van der Waals surface area contributed by atoms with E-state index in [4.69, 9.17) is 9.84 Å². The van der Waals surface area contributed by atoms with Gasteiger partial charge in [-0.05, 0) is 34.6 Å². The molecule has 0 aromatic heterocycles. The third-order valence-electron chi connectivity index (χ3n) is 2.60. The summed E-state index contributed by atoms with van der Waals surface area (Å²) < 4.78 is 5.18. The third-order valence-corrected chi connectivity index (χ3v) is 2.60. The summed E-state index contributed by atoms with van der Waals surface area (Å²) in [5, 5.41) is 28.5. The second-order valence-electron chi connectivity index (χ2n) is 5.12. The number of nitrogens with zero attached hydrogens (tertiary/aromatic N) is 1. The highest BCUT2D eigenvalue weighted by atomic mass is 16.6. The molecule has 0 heterocycles. The van der Waals surface area contributed by atoms with Gasteiger partial charge in [-0.2, -0.15) is 0 Å². The molecule has 3 N–H and O–H groups in total. The molecule has 0 aromatic carbocycles. The first-order chi connectivity index (χ1) is 7.72. The van der Waals surface area contributed by atoms with Crippen molar-refractivity contribution in [1.29, 1.82) is 0 Å². The molecule has 0 aliphatic heterocycles. The Bertz CT molecular complexity index is 201. The molecule has 2 atom stereocenters. The molecule has 0 saturated carbocycles. The van der Waals surface area contributed by atoms with Crippen molar-refractivity contribution in [3.63, 3.8) is 0 Å². The fourth-order valence-electron chi connectivity index (χ4n) is 1.66. The molecule has 0 aromatic rings. The fraction of sp³-hybridized carbons (Fsp3) is 1.00. The van der Waals surface area contributed by atoms with Gasteiger partial charge in [-0.15, -0.1) is 0 Å². The predicted octanol–water partition coefficient (Wildman–Crippen LogP) is 0.183. The zero-order valence-electron chi connectivity index (χ0n) is 11.6. The molecule has 17 heavy (non-hydrogen) atoms. The van der Waals surface area contributed by atoms with Gasteiger partial charge < -0.3 is 20.1 Å². The number of aliphatic hydroxyl groups excluding tert-OH is 2. The van der Waals surface area contributed by atoms with Gasteiger partial charge >= 0.3 is 0 Å². The van der Waals surface area contributed by atoms with Crippen LogP contribution in [0.5, 0.6) is 0 Å². The second-order valence-corrected chi connectivity index (χ2v) is 5.12. The minimum atomic E-state index is -1.62. The molecule has 5 heteroatoms. The van der Waals surface area contributed by atoms with Crippen molar-refractivity contribution >= 4 is 0 Å². The lowest BCUT2D eigenvalue weighted by Crippen LogP contribution is -2.52. The van der Waals surface area contributed by atoms with E-state index in [9.17, 15) is 10.2 Å². The van der Waals surface area contributed by atoms with Crippen LogP contribution in [0.1, 0.15) is 34.6 Å². The van der Waals surface area contributed by atoms with Crippen molar-refractivity contribution in [2.24, 2.45) is 0 Å². The summed E-state index contributed by atoms with van der Waals surface area (Å²) in [4.78, 5) is 2.03. The smallest absolute Gasteiger partial charge is 0.202 e. The van der Waals surface area contributed by atoms with Crippen molar-refractivity contribution in [3.8, 4) is 0 Å². The molecule has 0 aliphatic carbocycles. The highest BCUT2D eigenvalue weighted by Gasteiger charge is 2.32. The Hall–Kier alpha value is -0.200. The van der Waals surface area contributed by atoms with Crippen molar-refractivity contribution in [1.82, 2.24) is 4.90 Å². The highest BCUT2D eigenvalue weighted by molar-refractivity contribution is 4.77. The van der Waals surface area contributed by atoms with Crippen LogP contribution in [0.3, 0.4) is 0 Å². The molecule has 0 rings (SSSR count). The van der Waals surface area contributed by atoms with Gasteiger partial charge in [0.1, 0.15) is 0 Å². The largest absolute Gasteiger partial charge is 0.391 e. The van der Waals surface area contributed by atoms with E-state index in [0.717, 1.165) is 0 Å². The van der Waals surface area contributed by atoms with Crippen LogP contribution in [0.15, 0.2) is 0 Å². The van der Waals surface area contributed by atoms with Crippen LogP contribution in [-0.2, 0) is 4.74 Å². The van der Waals surface area contributed by atoms with Gasteiger partial charge in [-0.1, -0.05) is 0 Å². The van der Waals surface area contributed by atoms with Crippen molar-refractivity contribution in [2.45, 2.75) is 58.6 Å². The first-order valence-corrected chi connectivity index (χ1v) is 6.13. The lowest BCUT2D eigenvalue weighted by molar-refractivity contribution is -0.244. The van der Waals surface area contributed by atoms with E-state index in [1.54, 1.807) is 6.92 Å². The van der Waals surface area contributed by atoms with E-state index >= 15 is 0 Å². The molecule has 0 fully saturated rings. The topological polar surface area (TPSA) is 73.2 Å². The lowest BCUT2D eigenvalue weighted by atomic mass is 10.1. The number of rotatable bonds is 8. The first kappa shape index (κ1) is 16.8. The van der Waals surface area contributed by atoms with Gasteiger partial charge in [-0.25, -0.2) is 0 Å². The van der Waals surface area contributed by atoms with Gasteiger partial charge in [0.2, 0.25) is 5.79 Å². The Morgan fingerprint density at radius 3 is 1.88 bits per heavy atom. The van der Waals surface area contributed by atoms with E-state index in [2.05, 4.69) is 0 Å². The SMILES string of the molecule is CC(C)N(CC(O)(CO)OC[C@@H](C)O)C(C)C. The molecular formula is C12H27NO4. The minimum Gasteiger partial charge on any atom is -0.391 e. The molecule has 0 amide bonds. The summed E-state index contributed by atoms with van der Waals surface area (Å²) in [7, 11) is 0. The van der Waals surface area contributed by atoms with E-state index in [1.165, 1.54) is 0 Å². The summed E-state index contributed by atoms with van der Waals surface area (Å²) >= 11 is 0. The van der Waals surface area contributed by atoms with E-state index in [-0.39, 0.29) is 25.2 Å². The second kappa shape index (κ2) is 7.28. The molecule has 0 saturated heterocycles.